The molecule has 0 spiro atoms. The Morgan fingerprint density at radius 3 is 2.46 bits per heavy atom. The van der Waals surface area contributed by atoms with Gasteiger partial charge in [0.2, 0.25) is 0 Å². The minimum Gasteiger partial charge on any atom is -0.485 e. The number of nitrogen functional groups attached to an aromatic ring is 1. The molecule has 0 amide bonds. The van der Waals surface area contributed by atoms with E-state index in [4.69, 9.17) is 26.8 Å². The first kappa shape index (κ1) is 21.6. The Kier molecular flexibility index (Phi) is 8.16. The van der Waals surface area contributed by atoms with E-state index in [1.807, 2.05) is 13.0 Å². The van der Waals surface area contributed by atoms with Gasteiger partial charge in [0.1, 0.15) is 12.7 Å². The number of hydrogen-bond acceptors (Lipinski definition) is 4. The number of unbranched alkanes of at least 4 members (excludes halogenated alkanes) is 6. The van der Waals surface area contributed by atoms with E-state index in [0.29, 0.717) is 29.0 Å². The molecule has 1 fully saturated rings. The molecule has 28 heavy (non-hydrogen) atoms. The zero-order chi connectivity index (χ0) is 19.9. The molecule has 3 rings (SSSR count). The van der Waals surface area contributed by atoms with E-state index in [0.717, 1.165) is 31.7 Å². The topological polar surface area (TPSA) is 47.7 Å². The molecule has 0 aromatic heterocycles. The zero-order valence-electron chi connectivity index (χ0n) is 17.6. The summed E-state index contributed by atoms with van der Waals surface area (Å²) < 4.78 is 12.0. The number of fused-ring (bicyclic) bond motifs is 1. The fraction of sp³-hybridized carbons (Fsp3) is 0.739. The van der Waals surface area contributed by atoms with Crippen molar-refractivity contribution in [1.29, 1.82) is 0 Å². The van der Waals surface area contributed by atoms with E-state index in [2.05, 4.69) is 11.8 Å². The average molecular weight is 409 g/mol. The highest BCUT2D eigenvalue weighted by atomic mass is 35.5. The van der Waals surface area contributed by atoms with Crippen molar-refractivity contribution in [3.63, 3.8) is 0 Å². The summed E-state index contributed by atoms with van der Waals surface area (Å²) in [5, 5.41) is 0.581. The number of piperidine rings is 1. The molecule has 0 bridgehead atoms. The van der Waals surface area contributed by atoms with E-state index < -0.39 is 0 Å². The monoisotopic (exact) mass is 408 g/mol. The summed E-state index contributed by atoms with van der Waals surface area (Å²) in [7, 11) is 0. The van der Waals surface area contributed by atoms with Crippen molar-refractivity contribution in [2.75, 3.05) is 32.0 Å². The molecule has 1 atom stereocenters. The Morgan fingerprint density at radius 2 is 1.75 bits per heavy atom. The summed E-state index contributed by atoms with van der Waals surface area (Å²) >= 11 is 6.41. The van der Waals surface area contributed by atoms with Gasteiger partial charge in [-0.2, -0.15) is 0 Å². The number of likely N-dealkylation sites (tertiary alicyclic amines) is 1. The lowest BCUT2D eigenvalue weighted by atomic mass is 9.88. The maximum atomic E-state index is 6.41. The number of nitrogens with two attached hydrogens (primary N) is 1. The van der Waals surface area contributed by atoms with Crippen molar-refractivity contribution in [3.05, 3.63) is 16.7 Å². The van der Waals surface area contributed by atoms with Crippen LogP contribution in [-0.4, -0.2) is 37.2 Å². The first-order chi connectivity index (χ1) is 13.6. The molecule has 1 aromatic rings. The van der Waals surface area contributed by atoms with Crippen LogP contribution in [0.5, 0.6) is 11.5 Å². The average Bonchev–Trinajstić information content (AvgIpc) is 2.71. The molecule has 1 saturated heterocycles. The van der Waals surface area contributed by atoms with Crippen molar-refractivity contribution >= 4 is 17.3 Å². The van der Waals surface area contributed by atoms with Crippen LogP contribution in [0.4, 0.5) is 5.69 Å². The van der Waals surface area contributed by atoms with Gasteiger partial charge in [-0.25, -0.2) is 0 Å². The van der Waals surface area contributed by atoms with Crippen molar-refractivity contribution < 1.29 is 9.47 Å². The van der Waals surface area contributed by atoms with Crippen LogP contribution >= 0.6 is 11.6 Å². The van der Waals surface area contributed by atoms with Gasteiger partial charge >= 0.3 is 0 Å². The highest BCUT2D eigenvalue weighted by Gasteiger charge is 2.30. The van der Waals surface area contributed by atoms with Crippen LogP contribution in [0.1, 0.15) is 83.1 Å². The molecule has 1 unspecified atom stereocenters. The number of hydrogen-bond donors (Lipinski definition) is 1. The summed E-state index contributed by atoms with van der Waals surface area (Å²) in [4.78, 5) is 2.62. The Labute approximate surface area is 175 Å². The van der Waals surface area contributed by atoms with Crippen LogP contribution in [-0.2, 0) is 0 Å². The lowest BCUT2D eigenvalue weighted by molar-refractivity contribution is 0.102. The Hall–Kier alpha value is -1.13. The van der Waals surface area contributed by atoms with E-state index in [9.17, 15) is 0 Å². The van der Waals surface area contributed by atoms with Crippen LogP contribution < -0.4 is 15.2 Å². The van der Waals surface area contributed by atoms with E-state index >= 15 is 0 Å². The number of rotatable bonds is 9. The quantitative estimate of drug-likeness (QED) is 0.401. The third-order valence-corrected chi connectivity index (χ3v) is 6.45. The summed E-state index contributed by atoms with van der Waals surface area (Å²) in [6, 6.07) is 2.01. The van der Waals surface area contributed by atoms with E-state index in [1.165, 1.54) is 57.1 Å². The summed E-state index contributed by atoms with van der Waals surface area (Å²) in [5.41, 5.74) is 7.83. The van der Waals surface area contributed by atoms with Gasteiger partial charge in [0, 0.05) is 5.56 Å². The normalized spacial score (nSPS) is 20.5. The second kappa shape index (κ2) is 10.6. The van der Waals surface area contributed by atoms with Crippen LogP contribution in [0.25, 0.3) is 0 Å². The smallest absolute Gasteiger partial charge is 0.186 e. The first-order valence-electron chi connectivity index (χ1n) is 11.2. The number of benzene rings is 1. The minimum absolute atomic E-state index is 0.00457. The summed E-state index contributed by atoms with van der Waals surface area (Å²) in [5.74, 6) is 1.94. The molecule has 0 aliphatic carbocycles. The molecule has 2 aliphatic heterocycles. The van der Waals surface area contributed by atoms with Crippen LogP contribution in [0.15, 0.2) is 6.07 Å². The molecule has 0 radical (unpaired) electrons. The molecule has 4 nitrogen and oxygen atoms in total. The summed E-state index contributed by atoms with van der Waals surface area (Å²) in [6.45, 7) is 8.36. The molecule has 158 valence electrons. The lowest BCUT2D eigenvalue weighted by Crippen LogP contribution is -2.34. The van der Waals surface area contributed by atoms with Gasteiger partial charge in [-0.3, -0.25) is 0 Å². The van der Waals surface area contributed by atoms with Gasteiger partial charge in [0.15, 0.2) is 11.5 Å². The van der Waals surface area contributed by atoms with Crippen LogP contribution in [0.3, 0.4) is 0 Å². The molecule has 5 heteroatoms. The molecule has 2 aliphatic rings. The van der Waals surface area contributed by atoms with Crippen LogP contribution in [0.2, 0.25) is 5.02 Å². The third kappa shape index (κ3) is 5.48. The maximum absolute atomic E-state index is 6.41. The fourth-order valence-corrected chi connectivity index (χ4v) is 4.61. The highest BCUT2D eigenvalue weighted by Crippen LogP contribution is 2.48. The lowest BCUT2D eigenvalue weighted by Gasteiger charge is -2.35. The molecular weight excluding hydrogens is 372 g/mol. The largest absolute Gasteiger partial charge is 0.485 e. The number of nitrogens with zero attached hydrogens (tertiary/aromatic N) is 1. The predicted molar refractivity (Wildman–Crippen MR) is 118 cm³/mol. The molecule has 2 N–H and O–H groups in total. The second-order valence-electron chi connectivity index (χ2n) is 8.50. The van der Waals surface area contributed by atoms with Gasteiger partial charge in [-0.05, 0) is 57.8 Å². The SMILES string of the molecule is CCCCCCCCCN1CCC(c2cc(Cl)c(N)c3c2OCC(C)O3)CC1. The van der Waals surface area contributed by atoms with Gasteiger partial charge in [0.25, 0.3) is 0 Å². The van der Waals surface area contributed by atoms with Gasteiger partial charge in [-0.1, -0.05) is 57.0 Å². The van der Waals surface area contributed by atoms with E-state index in [-0.39, 0.29) is 6.10 Å². The zero-order valence-corrected chi connectivity index (χ0v) is 18.4. The molecule has 1 aromatic carbocycles. The molecule has 2 heterocycles. The van der Waals surface area contributed by atoms with Crippen molar-refractivity contribution in [1.82, 2.24) is 4.90 Å². The second-order valence-corrected chi connectivity index (χ2v) is 8.90. The predicted octanol–water partition coefficient (Wildman–Crippen LogP) is 6.01. The van der Waals surface area contributed by atoms with Crippen LogP contribution in [0, 0.1) is 0 Å². The maximum Gasteiger partial charge on any atom is 0.186 e. The Morgan fingerprint density at radius 1 is 1.07 bits per heavy atom. The Bertz CT molecular complexity index is 630. The van der Waals surface area contributed by atoms with Crippen molar-refractivity contribution in [2.45, 2.75) is 83.7 Å². The van der Waals surface area contributed by atoms with Gasteiger partial charge < -0.3 is 20.1 Å². The number of ether oxygens (including phenoxy) is 2. The third-order valence-electron chi connectivity index (χ3n) is 6.14. The van der Waals surface area contributed by atoms with Gasteiger partial charge in [0.05, 0.1) is 10.7 Å². The van der Waals surface area contributed by atoms with Crippen molar-refractivity contribution in [3.8, 4) is 11.5 Å². The van der Waals surface area contributed by atoms with Crippen molar-refractivity contribution in [2.24, 2.45) is 0 Å². The summed E-state index contributed by atoms with van der Waals surface area (Å²) in [6.07, 6.45) is 11.9. The first-order valence-corrected chi connectivity index (χ1v) is 11.6. The minimum atomic E-state index is 0.00457. The number of anilines is 1. The molecule has 0 saturated carbocycles. The molecular formula is C23H37ClN2O2. The number of halogens is 1. The fourth-order valence-electron chi connectivity index (χ4n) is 4.41. The standard InChI is InChI=1S/C23H37ClN2O2/c1-3-4-5-6-7-8-9-12-26-13-10-18(11-14-26)19-15-20(24)21(25)23-22(19)27-16-17(2)28-23/h15,17-18H,3-14,16,25H2,1-2H3. The Balaban J connectivity index is 1.49. The highest BCUT2D eigenvalue weighted by molar-refractivity contribution is 6.33. The van der Waals surface area contributed by atoms with E-state index in [1.54, 1.807) is 0 Å². The van der Waals surface area contributed by atoms with Gasteiger partial charge in [-0.15, -0.1) is 0 Å².